The number of likely N-dealkylation sites (tertiary alicyclic amines) is 1. The van der Waals surface area contributed by atoms with Crippen LogP contribution in [0.15, 0.2) is 0 Å². The highest BCUT2D eigenvalue weighted by Crippen LogP contribution is 2.28. The van der Waals surface area contributed by atoms with Crippen molar-refractivity contribution in [3.8, 4) is 0 Å². The third-order valence-electron chi connectivity index (χ3n) is 4.61. The van der Waals surface area contributed by atoms with Crippen LogP contribution in [0.25, 0.3) is 0 Å². The van der Waals surface area contributed by atoms with E-state index in [9.17, 15) is 9.59 Å². The molecule has 0 radical (unpaired) electrons. The van der Waals surface area contributed by atoms with Gasteiger partial charge in [-0.2, -0.15) is 0 Å². The van der Waals surface area contributed by atoms with Gasteiger partial charge in [0.1, 0.15) is 0 Å². The monoisotopic (exact) mass is 309 g/mol. The Balaban J connectivity index is 1.53. The molecule has 0 spiro atoms. The molecule has 0 aromatic rings. The molecule has 2 N–H and O–H groups in total. The molecule has 0 unspecified atom stereocenters. The van der Waals surface area contributed by atoms with E-state index in [-0.39, 0.29) is 11.8 Å². The highest BCUT2D eigenvalue weighted by molar-refractivity contribution is 5.79. The van der Waals surface area contributed by atoms with Crippen LogP contribution in [0.5, 0.6) is 0 Å². The van der Waals surface area contributed by atoms with Gasteiger partial charge in [-0.1, -0.05) is 6.92 Å². The van der Waals surface area contributed by atoms with Gasteiger partial charge in [0.2, 0.25) is 11.8 Å². The van der Waals surface area contributed by atoms with Gasteiger partial charge in [0.15, 0.2) is 0 Å². The van der Waals surface area contributed by atoms with Gasteiger partial charge < -0.3 is 15.5 Å². The van der Waals surface area contributed by atoms with Crippen molar-refractivity contribution < 1.29 is 9.59 Å². The Morgan fingerprint density at radius 2 is 1.82 bits per heavy atom. The summed E-state index contributed by atoms with van der Waals surface area (Å²) in [4.78, 5) is 25.6. The van der Waals surface area contributed by atoms with E-state index in [0.29, 0.717) is 25.3 Å². The van der Waals surface area contributed by atoms with Crippen molar-refractivity contribution in [1.82, 2.24) is 15.5 Å². The van der Waals surface area contributed by atoms with Crippen LogP contribution < -0.4 is 10.6 Å². The Hall–Kier alpha value is -1.10. The first-order chi connectivity index (χ1) is 10.7. The van der Waals surface area contributed by atoms with E-state index < -0.39 is 0 Å². The van der Waals surface area contributed by atoms with E-state index in [1.54, 1.807) is 0 Å². The molecule has 2 amide bonds. The van der Waals surface area contributed by atoms with Crippen LogP contribution in [-0.2, 0) is 9.59 Å². The molecule has 0 aromatic carbocycles. The number of nitrogens with zero attached hydrogens (tertiary/aromatic N) is 1. The van der Waals surface area contributed by atoms with Crippen LogP contribution >= 0.6 is 0 Å². The molecule has 1 heterocycles. The predicted molar refractivity (Wildman–Crippen MR) is 87.5 cm³/mol. The molecule has 0 bridgehead atoms. The summed E-state index contributed by atoms with van der Waals surface area (Å²) < 4.78 is 0. The summed E-state index contributed by atoms with van der Waals surface area (Å²) in [5.41, 5.74) is 0. The minimum Gasteiger partial charge on any atom is -0.356 e. The van der Waals surface area contributed by atoms with Crippen LogP contribution in [0.3, 0.4) is 0 Å². The molecule has 5 nitrogen and oxygen atoms in total. The number of hydrogen-bond donors (Lipinski definition) is 2. The van der Waals surface area contributed by atoms with Crippen molar-refractivity contribution in [2.45, 2.75) is 64.3 Å². The summed E-state index contributed by atoms with van der Waals surface area (Å²) in [5.74, 6) is 1.19. The molecule has 2 fully saturated rings. The highest BCUT2D eigenvalue weighted by atomic mass is 16.2. The van der Waals surface area contributed by atoms with Crippen molar-refractivity contribution >= 4 is 11.8 Å². The average molecular weight is 309 g/mol. The molecule has 1 saturated heterocycles. The zero-order chi connectivity index (χ0) is 15.8. The van der Waals surface area contributed by atoms with Crippen molar-refractivity contribution in [2.24, 2.45) is 5.92 Å². The Morgan fingerprint density at radius 3 is 2.45 bits per heavy atom. The third kappa shape index (κ3) is 6.34. The maximum Gasteiger partial charge on any atom is 0.222 e. The maximum atomic E-state index is 12.2. The fourth-order valence-corrected chi connectivity index (χ4v) is 2.90. The lowest BCUT2D eigenvalue weighted by Crippen LogP contribution is -2.45. The molecule has 5 heteroatoms. The fourth-order valence-electron chi connectivity index (χ4n) is 2.90. The number of amides is 2. The molecule has 126 valence electrons. The molecule has 22 heavy (non-hydrogen) atoms. The van der Waals surface area contributed by atoms with Crippen LogP contribution in [0, 0.1) is 5.92 Å². The lowest BCUT2D eigenvalue weighted by molar-refractivity contribution is -0.132. The lowest BCUT2D eigenvalue weighted by atomic mass is 10.0. The molecule has 2 rings (SSSR count). The van der Waals surface area contributed by atoms with E-state index in [2.05, 4.69) is 10.6 Å². The summed E-state index contributed by atoms with van der Waals surface area (Å²) in [6, 6.07) is 0.587. The van der Waals surface area contributed by atoms with Gasteiger partial charge in [-0.05, 0) is 51.0 Å². The maximum absolute atomic E-state index is 12.2. The molecular formula is C17H31N3O2. The smallest absolute Gasteiger partial charge is 0.222 e. The van der Waals surface area contributed by atoms with Gasteiger partial charge in [-0.3, -0.25) is 9.59 Å². The largest absolute Gasteiger partial charge is 0.356 e. The number of rotatable bonds is 9. The van der Waals surface area contributed by atoms with Gasteiger partial charge >= 0.3 is 0 Å². The SMILES string of the molecule is CCCNC(=O)CCCC(=O)N1CCC(NCC2CC2)CC1. The van der Waals surface area contributed by atoms with Crippen molar-refractivity contribution in [3.05, 3.63) is 0 Å². The zero-order valence-corrected chi connectivity index (χ0v) is 13.9. The average Bonchev–Trinajstić information content (AvgIpc) is 3.35. The molecule has 0 atom stereocenters. The van der Waals surface area contributed by atoms with Gasteiger partial charge in [-0.25, -0.2) is 0 Å². The van der Waals surface area contributed by atoms with Gasteiger partial charge in [0.25, 0.3) is 0 Å². The minimum absolute atomic E-state index is 0.0673. The van der Waals surface area contributed by atoms with Crippen molar-refractivity contribution in [1.29, 1.82) is 0 Å². The van der Waals surface area contributed by atoms with Gasteiger partial charge in [-0.15, -0.1) is 0 Å². The first-order valence-corrected chi connectivity index (χ1v) is 8.97. The number of piperidine rings is 1. The molecular weight excluding hydrogens is 278 g/mol. The van der Waals surface area contributed by atoms with Crippen LogP contribution in [0.1, 0.15) is 58.3 Å². The van der Waals surface area contributed by atoms with E-state index in [1.165, 1.54) is 12.8 Å². The summed E-state index contributed by atoms with van der Waals surface area (Å²) in [7, 11) is 0. The fraction of sp³-hybridized carbons (Fsp3) is 0.882. The van der Waals surface area contributed by atoms with Gasteiger partial charge in [0, 0.05) is 38.5 Å². The highest BCUT2D eigenvalue weighted by Gasteiger charge is 2.25. The number of nitrogens with one attached hydrogen (secondary N) is 2. The van der Waals surface area contributed by atoms with Crippen molar-refractivity contribution in [2.75, 3.05) is 26.2 Å². The van der Waals surface area contributed by atoms with Crippen molar-refractivity contribution in [3.63, 3.8) is 0 Å². The molecule has 0 aromatic heterocycles. The van der Waals surface area contributed by atoms with E-state index in [4.69, 9.17) is 0 Å². The van der Waals surface area contributed by atoms with E-state index in [0.717, 1.165) is 51.4 Å². The Kier molecular flexibility index (Phi) is 7.16. The summed E-state index contributed by atoms with van der Waals surface area (Å²) in [6.07, 6.45) is 7.48. The Labute approximate surface area is 134 Å². The standard InChI is InChI=1S/C17H31N3O2/c1-2-10-18-16(21)4-3-5-17(22)20-11-8-15(9-12-20)19-13-14-6-7-14/h14-15,19H,2-13H2,1H3,(H,18,21). The van der Waals surface area contributed by atoms with E-state index in [1.807, 2.05) is 11.8 Å². The first kappa shape index (κ1) is 17.3. The Bertz CT molecular complexity index is 361. The summed E-state index contributed by atoms with van der Waals surface area (Å²) in [6.45, 7) is 5.65. The second-order valence-electron chi connectivity index (χ2n) is 6.71. The minimum atomic E-state index is 0.0673. The first-order valence-electron chi connectivity index (χ1n) is 8.97. The second kappa shape index (κ2) is 9.13. The summed E-state index contributed by atoms with van der Waals surface area (Å²) >= 11 is 0. The number of hydrogen-bond acceptors (Lipinski definition) is 3. The van der Waals surface area contributed by atoms with Crippen LogP contribution in [0.2, 0.25) is 0 Å². The Morgan fingerprint density at radius 1 is 1.09 bits per heavy atom. The van der Waals surface area contributed by atoms with Crippen LogP contribution in [-0.4, -0.2) is 48.9 Å². The quantitative estimate of drug-likeness (QED) is 0.681. The van der Waals surface area contributed by atoms with Crippen LogP contribution in [0.4, 0.5) is 0 Å². The molecule has 1 aliphatic carbocycles. The second-order valence-corrected chi connectivity index (χ2v) is 6.71. The van der Waals surface area contributed by atoms with Gasteiger partial charge in [0.05, 0.1) is 0 Å². The topological polar surface area (TPSA) is 61.4 Å². The number of carbonyl (C=O) groups excluding carboxylic acids is 2. The lowest BCUT2D eigenvalue weighted by Gasteiger charge is -2.32. The molecule has 2 aliphatic rings. The zero-order valence-electron chi connectivity index (χ0n) is 13.9. The molecule has 1 aliphatic heterocycles. The normalized spacial score (nSPS) is 19.2. The number of carbonyl (C=O) groups is 2. The molecule has 1 saturated carbocycles. The predicted octanol–water partition coefficient (Wildman–Crippen LogP) is 1.67. The summed E-state index contributed by atoms with van der Waals surface area (Å²) in [5, 5.41) is 6.48. The third-order valence-corrected chi connectivity index (χ3v) is 4.61. The van der Waals surface area contributed by atoms with E-state index >= 15 is 0 Å².